The van der Waals surface area contributed by atoms with Crippen molar-refractivity contribution in [3.05, 3.63) is 48.5 Å². The van der Waals surface area contributed by atoms with Gasteiger partial charge < -0.3 is 4.74 Å². The molecule has 0 aliphatic heterocycles. The van der Waals surface area contributed by atoms with Gasteiger partial charge in [-0.3, -0.25) is 0 Å². The summed E-state index contributed by atoms with van der Waals surface area (Å²) < 4.78 is 5.35. The molecular weight excluding hydrogens is 184 g/mol. The molecule has 1 heteroatoms. The predicted octanol–water partition coefficient (Wildman–Crippen LogP) is 3.88. The highest BCUT2D eigenvalue weighted by Gasteiger charge is 2.07. The number of hydrogen-bond donors (Lipinski definition) is 0. The average molecular weight is 198 g/mol. The van der Waals surface area contributed by atoms with Gasteiger partial charge in [0.2, 0.25) is 0 Å². The van der Waals surface area contributed by atoms with Gasteiger partial charge in [-0.2, -0.15) is 0 Å². The van der Waals surface area contributed by atoms with E-state index in [2.05, 4.69) is 24.8 Å². The number of benzene rings is 2. The number of rotatable bonds is 2. The van der Waals surface area contributed by atoms with Crippen LogP contribution in [0.3, 0.4) is 0 Å². The highest BCUT2D eigenvalue weighted by atomic mass is 16.5. The SMILES string of the molecule is C=C(C)c1c(OC)ccc2ccccc12. The van der Waals surface area contributed by atoms with Crippen molar-refractivity contribution in [3.63, 3.8) is 0 Å². The third-order valence-corrected chi connectivity index (χ3v) is 2.54. The molecule has 0 unspecified atom stereocenters. The third kappa shape index (κ3) is 1.61. The van der Waals surface area contributed by atoms with E-state index in [1.165, 1.54) is 10.8 Å². The molecule has 0 saturated carbocycles. The maximum atomic E-state index is 5.35. The van der Waals surface area contributed by atoms with Crippen LogP contribution in [0.25, 0.3) is 16.3 Å². The van der Waals surface area contributed by atoms with Crippen molar-refractivity contribution in [1.29, 1.82) is 0 Å². The Morgan fingerprint density at radius 2 is 1.87 bits per heavy atom. The summed E-state index contributed by atoms with van der Waals surface area (Å²) in [6.07, 6.45) is 0. The van der Waals surface area contributed by atoms with Gasteiger partial charge in [-0.1, -0.05) is 36.9 Å². The normalized spacial score (nSPS) is 10.3. The number of fused-ring (bicyclic) bond motifs is 1. The van der Waals surface area contributed by atoms with Gasteiger partial charge in [0.05, 0.1) is 7.11 Å². The van der Waals surface area contributed by atoms with Crippen LogP contribution in [0.5, 0.6) is 5.75 Å². The summed E-state index contributed by atoms with van der Waals surface area (Å²) in [7, 11) is 1.69. The van der Waals surface area contributed by atoms with Crippen molar-refractivity contribution >= 4 is 16.3 Å². The van der Waals surface area contributed by atoms with E-state index in [9.17, 15) is 0 Å². The van der Waals surface area contributed by atoms with Gasteiger partial charge in [-0.25, -0.2) is 0 Å². The summed E-state index contributed by atoms with van der Waals surface area (Å²) in [4.78, 5) is 0. The molecule has 0 spiro atoms. The van der Waals surface area contributed by atoms with E-state index in [0.717, 1.165) is 16.9 Å². The first-order valence-electron chi connectivity index (χ1n) is 4.95. The molecule has 2 aromatic carbocycles. The predicted molar refractivity (Wildman–Crippen MR) is 65.2 cm³/mol. The van der Waals surface area contributed by atoms with Crippen molar-refractivity contribution in [2.45, 2.75) is 6.92 Å². The Hall–Kier alpha value is -1.76. The Kier molecular flexibility index (Phi) is 2.46. The van der Waals surface area contributed by atoms with E-state index in [1.54, 1.807) is 7.11 Å². The van der Waals surface area contributed by atoms with E-state index in [1.807, 2.05) is 25.1 Å². The molecule has 2 rings (SSSR count). The molecule has 0 amide bonds. The fraction of sp³-hybridized carbons (Fsp3) is 0.143. The van der Waals surface area contributed by atoms with Crippen molar-refractivity contribution < 1.29 is 4.74 Å². The van der Waals surface area contributed by atoms with E-state index in [0.29, 0.717) is 0 Å². The molecule has 0 atom stereocenters. The molecular formula is C14H14O. The molecule has 76 valence electrons. The molecule has 0 aliphatic rings. The van der Waals surface area contributed by atoms with Crippen LogP contribution >= 0.6 is 0 Å². The standard InChI is InChI=1S/C14H14O/c1-10(2)14-12-7-5-4-6-11(12)8-9-13(14)15-3/h4-9H,1H2,2-3H3. The van der Waals surface area contributed by atoms with Gasteiger partial charge in [0, 0.05) is 5.56 Å². The van der Waals surface area contributed by atoms with E-state index in [4.69, 9.17) is 4.74 Å². The molecule has 0 bridgehead atoms. The number of methoxy groups -OCH3 is 1. The van der Waals surface area contributed by atoms with E-state index in [-0.39, 0.29) is 0 Å². The summed E-state index contributed by atoms with van der Waals surface area (Å²) >= 11 is 0. The first kappa shape index (κ1) is 9.78. The second-order valence-electron chi connectivity index (χ2n) is 3.64. The first-order chi connectivity index (χ1) is 7.24. The van der Waals surface area contributed by atoms with Crippen LogP contribution in [0.15, 0.2) is 43.0 Å². The molecule has 0 N–H and O–H groups in total. The minimum absolute atomic E-state index is 0.890. The van der Waals surface area contributed by atoms with Crippen LogP contribution < -0.4 is 4.74 Å². The Morgan fingerprint density at radius 1 is 1.13 bits per heavy atom. The fourth-order valence-electron chi connectivity index (χ4n) is 1.86. The first-order valence-corrected chi connectivity index (χ1v) is 4.95. The van der Waals surface area contributed by atoms with Crippen LogP contribution in [-0.2, 0) is 0 Å². The van der Waals surface area contributed by atoms with Crippen LogP contribution in [0.1, 0.15) is 12.5 Å². The summed E-state index contributed by atoms with van der Waals surface area (Å²) in [6, 6.07) is 12.3. The lowest BCUT2D eigenvalue weighted by molar-refractivity contribution is 0.414. The maximum absolute atomic E-state index is 5.35. The highest BCUT2D eigenvalue weighted by Crippen LogP contribution is 2.32. The second-order valence-corrected chi connectivity index (χ2v) is 3.64. The van der Waals surface area contributed by atoms with Gasteiger partial charge in [0.1, 0.15) is 5.75 Å². The monoisotopic (exact) mass is 198 g/mol. The van der Waals surface area contributed by atoms with Crippen molar-refractivity contribution in [3.8, 4) is 5.75 Å². The molecule has 0 aliphatic carbocycles. The van der Waals surface area contributed by atoms with E-state index < -0.39 is 0 Å². The van der Waals surface area contributed by atoms with Gasteiger partial charge >= 0.3 is 0 Å². The zero-order valence-corrected chi connectivity index (χ0v) is 9.08. The Bertz CT molecular complexity index is 512. The Balaban J connectivity index is 2.85. The Labute approximate surface area is 90.0 Å². The van der Waals surface area contributed by atoms with Crippen molar-refractivity contribution in [2.24, 2.45) is 0 Å². The van der Waals surface area contributed by atoms with Crippen LogP contribution in [0, 0.1) is 0 Å². The second kappa shape index (κ2) is 3.77. The topological polar surface area (TPSA) is 9.23 Å². The number of ether oxygens (including phenoxy) is 1. The molecule has 1 nitrogen and oxygen atoms in total. The quantitative estimate of drug-likeness (QED) is 0.711. The van der Waals surface area contributed by atoms with Crippen LogP contribution in [-0.4, -0.2) is 7.11 Å². The summed E-state index contributed by atoms with van der Waals surface area (Å²) in [5, 5.41) is 2.42. The number of allylic oxidation sites excluding steroid dienone is 1. The van der Waals surface area contributed by atoms with Crippen LogP contribution in [0.4, 0.5) is 0 Å². The van der Waals surface area contributed by atoms with Gasteiger partial charge in [0.25, 0.3) is 0 Å². The fourth-order valence-corrected chi connectivity index (χ4v) is 1.86. The summed E-state index contributed by atoms with van der Waals surface area (Å²) in [5.74, 6) is 0.890. The average Bonchev–Trinajstić information content (AvgIpc) is 2.27. The van der Waals surface area contributed by atoms with Crippen molar-refractivity contribution in [1.82, 2.24) is 0 Å². The zero-order valence-electron chi connectivity index (χ0n) is 9.08. The Morgan fingerprint density at radius 3 is 2.53 bits per heavy atom. The van der Waals surface area contributed by atoms with Crippen molar-refractivity contribution in [2.75, 3.05) is 7.11 Å². The minimum atomic E-state index is 0.890. The molecule has 0 radical (unpaired) electrons. The lowest BCUT2D eigenvalue weighted by atomic mass is 9.99. The lowest BCUT2D eigenvalue weighted by Crippen LogP contribution is -1.90. The van der Waals surface area contributed by atoms with Crippen LogP contribution in [0.2, 0.25) is 0 Å². The van der Waals surface area contributed by atoms with E-state index >= 15 is 0 Å². The summed E-state index contributed by atoms with van der Waals surface area (Å²) in [6.45, 7) is 6.01. The lowest BCUT2D eigenvalue weighted by Gasteiger charge is -2.11. The molecule has 0 heterocycles. The highest BCUT2D eigenvalue weighted by molar-refractivity contribution is 5.95. The molecule has 0 fully saturated rings. The third-order valence-electron chi connectivity index (χ3n) is 2.54. The molecule has 15 heavy (non-hydrogen) atoms. The molecule has 0 aromatic heterocycles. The molecule has 2 aromatic rings. The van der Waals surface area contributed by atoms with Gasteiger partial charge in [0.15, 0.2) is 0 Å². The largest absolute Gasteiger partial charge is 0.496 e. The zero-order chi connectivity index (χ0) is 10.8. The number of hydrogen-bond acceptors (Lipinski definition) is 1. The minimum Gasteiger partial charge on any atom is -0.496 e. The maximum Gasteiger partial charge on any atom is 0.126 e. The molecule has 0 saturated heterocycles. The van der Waals surface area contributed by atoms with Gasteiger partial charge in [-0.05, 0) is 29.3 Å². The van der Waals surface area contributed by atoms with Gasteiger partial charge in [-0.15, -0.1) is 0 Å². The smallest absolute Gasteiger partial charge is 0.126 e. The summed E-state index contributed by atoms with van der Waals surface area (Å²) in [5.41, 5.74) is 2.14.